The number of aliphatic imine (C=N–C) groups is 1. The van der Waals surface area contributed by atoms with E-state index in [1.807, 2.05) is 42.0 Å². The van der Waals surface area contributed by atoms with Crippen molar-refractivity contribution in [2.45, 2.75) is 25.8 Å². The highest BCUT2D eigenvalue weighted by Crippen LogP contribution is 2.17. The molecule has 142 valence electrons. The number of nitrogens with one attached hydrogen (secondary N) is 2. The van der Waals surface area contributed by atoms with Crippen molar-refractivity contribution < 1.29 is 4.39 Å². The lowest BCUT2D eigenvalue weighted by Gasteiger charge is -2.12. The molecular formula is C19H23FN6S. The van der Waals surface area contributed by atoms with Gasteiger partial charge in [0.25, 0.3) is 0 Å². The lowest BCUT2D eigenvalue weighted by Crippen LogP contribution is -2.37. The topological polar surface area (TPSA) is 66.6 Å². The number of aromatic nitrogens is 3. The number of fused-ring (bicyclic) bond motifs is 1. The molecule has 3 rings (SSSR count). The highest BCUT2D eigenvalue weighted by Gasteiger charge is 2.07. The predicted octanol–water partition coefficient (Wildman–Crippen LogP) is 2.99. The second kappa shape index (κ2) is 9.36. The monoisotopic (exact) mass is 386 g/mol. The van der Waals surface area contributed by atoms with Crippen LogP contribution >= 0.6 is 11.8 Å². The maximum Gasteiger partial charge on any atom is 0.191 e. The van der Waals surface area contributed by atoms with Crippen molar-refractivity contribution in [3.8, 4) is 0 Å². The summed E-state index contributed by atoms with van der Waals surface area (Å²) in [5.41, 5.74) is 2.81. The fourth-order valence-corrected chi connectivity index (χ4v) is 3.30. The number of guanidine groups is 1. The molecule has 1 aromatic carbocycles. The molecule has 0 atom stereocenters. The molecule has 0 amide bonds. The zero-order valence-corrected chi connectivity index (χ0v) is 16.3. The van der Waals surface area contributed by atoms with Gasteiger partial charge in [-0.05, 0) is 48.6 Å². The maximum atomic E-state index is 13.5. The number of halogens is 1. The zero-order valence-electron chi connectivity index (χ0n) is 15.4. The SMILES string of the molecule is CCNC(=NCc1ccc(F)cc1CSC)NCc1nnc2ccccn12. The Bertz CT molecular complexity index is 923. The summed E-state index contributed by atoms with van der Waals surface area (Å²) < 4.78 is 15.4. The molecule has 0 aliphatic heterocycles. The molecule has 0 aliphatic carbocycles. The minimum atomic E-state index is -0.213. The Morgan fingerprint density at radius 3 is 2.89 bits per heavy atom. The van der Waals surface area contributed by atoms with Gasteiger partial charge in [-0.15, -0.1) is 10.2 Å². The second-order valence-corrected chi connectivity index (χ2v) is 6.81. The first-order chi connectivity index (χ1) is 13.2. The van der Waals surface area contributed by atoms with Crippen molar-refractivity contribution >= 4 is 23.4 Å². The largest absolute Gasteiger partial charge is 0.357 e. The van der Waals surface area contributed by atoms with Gasteiger partial charge in [-0.3, -0.25) is 4.40 Å². The normalized spacial score (nSPS) is 11.7. The van der Waals surface area contributed by atoms with E-state index in [-0.39, 0.29) is 5.82 Å². The van der Waals surface area contributed by atoms with Crippen LogP contribution in [0.3, 0.4) is 0 Å². The fraction of sp³-hybridized carbons (Fsp3) is 0.316. The molecule has 0 saturated heterocycles. The molecule has 0 aliphatic rings. The van der Waals surface area contributed by atoms with E-state index in [0.29, 0.717) is 19.0 Å². The Balaban J connectivity index is 1.71. The summed E-state index contributed by atoms with van der Waals surface area (Å²) in [5.74, 6) is 2.04. The molecule has 0 saturated carbocycles. The van der Waals surface area contributed by atoms with Crippen LogP contribution in [0.5, 0.6) is 0 Å². The standard InChI is InChI=1S/C19H23FN6S/c1-3-21-19(22-11-14-7-8-16(20)10-15(14)13-27-2)23-12-18-25-24-17-6-4-5-9-26(17)18/h4-10H,3,11-13H2,1-2H3,(H2,21,22,23). The van der Waals surface area contributed by atoms with Gasteiger partial charge in [0.05, 0.1) is 13.1 Å². The predicted molar refractivity (Wildman–Crippen MR) is 108 cm³/mol. The van der Waals surface area contributed by atoms with E-state index in [1.54, 1.807) is 23.9 Å². The molecule has 2 heterocycles. The van der Waals surface area contributed by atoms with Crippen molar-refractivity contribution in [2.75, 3.05) is 12.8 Å². The van der Waals surface area contributed by atoms with Gasteiger partial charge in [-0.2, -0.15) is 11.8 Å². The van der Waals surface area contributed by atoms with Crippen molar-refractivity contribution in [1.82, 2.24) is 25.2 Å². The third-order valence-corrected chi connectivity index (χ3v) is 4.62. The van der Waals surface area contributed by atoms with Crippen molar-refractivity contribution in [2.24, 2.45) is 4.99 Å². The number of pyridine rings is 1. The number of benzene rings is 1. The first-order valence-corrected chi connectivity index (χ1v) is 10.2. The minimum Gasteiger partial charge on any atom is -0.357 e. The summed E-state index contributed by atoms with van der Waals surface area (Å²) in [4.78, 5) is 4.64. The lowest BCUT2D eigenvalue weighted by molar-refractivity contribution is 0.625. The first-order valence-electron chi connectivity index (χ1n) is 8.78. The Hall–Kier alpha value is -2.61. The number of nitrogens with zero attached hydrogens (tertiary/aromatic N) is 4. The summed E-state index contributed by atoms with van der Waals surface area (Å²) in [6, 6.07) is 10.7. The van der Waals surface area contributed by atoms with Crippen LogP contribution in [-0.2, 0) is 18.8 Å². The summed E-state index contributed by atoms with van der Waals surface area (Å²) in [7, 11) is 0. The second-order valence-electron chi connectivity index (χ2n) is 5.94. The van der Waals surface area contributed by atoms with E-state index in [4.69, 9.17) is 0 Å². The summed E-state index contributed by atoms with van der Waals surface area (Å²) in [5, 5.41) is 14.9. The molecule has 2 N–H and O–H groups in total. The van der Waals surface area contributed by atoms with Crippen LogP contribution in [0.25, 0.3) is 5.65 Å². The van der Waals surface area contributed by atoms with Gasteiger partial charge >= 0.3 is 0 Å². The average molecular weight is 387 g/mol. The van der Waals surface area contributed by atoms with Gasteiger partial charge in [0.1, 0.15) is 5.82 Å². The minimum absolute atomic E-state index is 0.213. The van der Waals surface area contributed by atoms with Gasteiger partial charge in [0.2, 0.25) is 0 Å². The number of thioether (sulfide) groups is 1. The molecule has 2 aromatic heterocycles. The molecule has 6 nitrogen and oxygen atoms in total. The van der Waals surface area contributed by atoms with E-state index >= 15 is 0 Å². The fourth-order valence-electron chi connectivity index (χ4n) is 2.72. The molecule has 0 radical (unpaired) electrons. The Labute approximate surface area is 162 Å². The third-order valence-electron chi connectivity index (χ3n) is 4.02. The van der Waals surface area contributed by atoms with Gasteiger partial charge in [0.15, 0.2) is 17.4 Å². The average Bonchev–Trinajstić information content (AvgIpc) is 3.09. The van der Waals surface area contributed by atoms with E-state index in [1.165, 1.54) is 6.07 Å². The van der Waals surface area contributed by atoms with E-state index in [0.717, 1.165) is 34.9 Å². The smallest absolute Gasteiger partial charge is 0.191 e. The van der Waals surface area contributed by atoms with Crippen LogP contribution in [0.4, 0.5) is 4.39 Å². The van der Waals surface area contributed by atoms with E-state index in [9.17, 15) is 4.39 Å². The number of hydrogen-bond acceptors (Lipinski definition) is 4. The lowest BCUT2D eigenvalue weighted by atomic mass is 10.1. The molecule has 0 unspecified atom stereocenters. The maximum absolute atomic E-state index is 13.5. The van der Waals surface area contributed by atoms with Crippen LogP contribution in [0.1, 0.15) is 23.9 Å². The highest BCUT2D eigenvalue weighted by molar-refractivity contribution is 7.97. The molecule has 8 heteroatoms. The Morgan fingerprint density at radius 2 is 2.07 bits per heavy atom. The van der Waals surface area contributed by atoms with Crippen LogP contribution in [-0.4, -0.2) is 33.4 Å². The Kier molecular flexibility index (Phi) is 6.64. The summed E-state index contributed by atoms with van der Waals surface area (Å²) >= 11 is 1.67. The van der Waals surface area contributed by atoms with Crippen LogP contribution in [0, 0.1) is 5.82 Å². The summed E-state index contributed by atoms with van der Waals surface area (Å²) in [6.45, 7) is 3.73. The third kappa shape index (κ3) is 4.97. The van der Waals surface area contributed by atoms with Gasteiger partial charge in [-0.25, -0.2) is 9.38 Å². The first kappa shape index (κ1) is 19.2. The molecule has 0 bridgehead atoms. The van der Waals surface area contributed by atoms with Crippen LogP contribution < -0.4 is 10.6 Å². The van der Waals surface area contributed by atoms with E-state index in [2.05, 4.69) is 25.8 Å². The molecule has 0 spiro atoms. The molecular weight excluding hydrogens is 363 g/mol. The van der Waals surface area contributed by atoms with Gasteiger partial charge < -0.3 is 10.6 Å². The molecule has 27 heavy (non-hydrogen) atoms. The van der Waals surface area contributed by atoms with Crippen LogP contribution in [0.2, 0.25) is 0 Å². The van der Waals surface area contributed by atoms with Crippen LogP contribution in [0.15, 0.2) is 47.6 Å². The van der Waals surface area contributed by atoms with E-state index < -0.39 is 0 Å². The number of hydrogen-bond donors (Lipinski definition) is 2. The zero-order chi connectivity index (χ0) is 19.1. The Morgan fingerprint density at radius 1 is 1.19 bits per heavy atom. The molecule has 0 fully saturated rings. The molecule has 3 aromatic rings. The summed E-state index contributed by atoms with van der Waals surface area (Å²) in [6.07, 6.45) is 3.94. The van der Waals surface area contributed by atoms with Gasteiger partial charge in [0, 0.05) is 18.5 Å². The quantitative estimate of drug-likeness (QED) is 0.483. The van der Waals surface area contributed by atoms with Gasteiger partial charge in [-0.1, -0.05) is 12.1 Å². The number of rotatable bonds is 7. The van der Waals surface area contributed by atoms with Crippen molar-refractivity contribution in [3.63, 3.8) is 0 Å². The van der Waals surface area contributed by atoms with Crippen molar-refractivity contribution in [3.05, 3.63) is 65.4 Å². The highest BCUT2D eigenvalue weighted by atomic mass is 32.2. The van der Waals surface area contributed by atoms with Crippen molar-refractivity contribution in [1.29, 1.82) is 0 Å².